The highest BCUT2D eigenvalue weighted by Crippen LogP contribution is 2.39. The quantitative estimate of drug-likeness (QED) is 0.258. The van der Waals surface area contributed by atoms with E-state index in [-0.39, 0.29) is 5.91 Å². The summed E-state index contributed by atoms with van der Waals surface area (Å²) in [6, 6.07) is 21.8. The summed E-state index contributed by atoms with van der Waals surface area (Å²) >= 11 is 1.72. The lowest BCUT2D eigenvalue weighted by Gasteiger charge is -2.14. The summed E-state index contributed by atoms with van der Waals surface area (Å²) in [6.45, 7) is 0.508. The zero-order chi connectivity index (χ0) is 23.2. The Morgan fingerprint density at radius 1 is 0.909 bits per heavy atom. The minimum Gasteiger partial charge on any atom is -0.493 e. The first-order chi connectivity index (χ1) is 16.2. The van der Waals surface area contributed by atoms with E-state index >= 15 is 0 Å². The van der Waals surface area contributed by atoms with Crippen molar-refractivity contribution in [2.75, 3.05) is 33.6 Å². The smallest absolute Gasteiger partial charge is 0.251 e. The Morgan fingerprint density at radius 3 is 2.24 bits per heavy atom. The summed E-state index contributed by atoms with van der Waals surface area (Å²) in [4.78, 5) is 17.5. The van der Waals surface area contributed by atoms with E-state index in [0.717, 1.165) is 22.5 Å². The van der Waals surface area contributed by atoms with Gasteiger partial charge in [-0.1, -0.05) is 48.5 Å². The number of amides is 1. The van der Waals surface area contributed by atoms with E-state index in [2.05, 4.69) is 34.6 Å². The predicted molar refractivity (Wildman–Crippen MR) is 133 cm³/mol. The molecule has 6 nitrogen and oxygen atoms in total. The second-order valence-corrected chi connectivity index (χ2v) is 8.36. The number of ether oxygens (including phenoxy) is 3. The maximum Gasteiger partial charge on any atom is 0.251 e. The number of aromatic nitrogens is 1. The van der Waals surface area contributed by atoms with Crippen LogP contribution < -0.4 is 19.5 Å². The molecule has 33 heavy (non-hydrogen) atoms. The van der Waals surface area contributed by atoms with Gasteiger partial charge in [0.1, 0.15) is 0 Å². The van der Waals surface area contributed by atoms with E-state index in [0.29, 0.717) is 29.4 Å². The number of thioether (sulfide) groups is 1. The number of carbonyl (C=O) groups is 1. The molecule has 3 aromatic carbocycles. The Labute approximate surface area is 197 Å². The van der Waals surface area contributed by atoms with Crippen LogP contribution in [0.1, 0.15) is 10.4 Å². The van der Waals surface area contributed by atoms with E-state index in [4.69, 9.17) is 14.2 Å². The molecular weight excluding hydrogens is 436 g/mol. The van der Waals surface area contributed by atoms with Gasteiger partial charge in [0.2, 0.25) is 5.75 Å². The number of hydrogen-bond acceptors (Lipinski definition) is 5. The molecule has 0 atom stereocenters. The van der Waals surface area contributed by atoms with E-state index in [1.165, 1.54) is 31.6 Å². The maximum atomic E-state index is 12.8. The van der Waals surface area contributed by atoms with Crippen molar-refractivity contribution in [1.82, 2.24) is 10.3 Å². The third-order valence-electron chi connectivity index (χ3n) is 5.28. The highest BCUT2D eigenvalue weighted by atomic mass is 32.2. The molecule has 0 saturated carbocycles. The van der Waals surface area contributed by atoms with Gasteiger partial charge in [0, 0.05) is 33.7 Å². The normalized spacial score (nSPS) is 10.8. The fourth-order valence-electron chi connectivity index (χ4n) is 3.71. The monoisotopic (exact) mass is 462 g/mol. The van der Waals surface area contributed by atoms with Crippen LogP contribution in [0.2, 0.25) is 0 Å². The van der Waals surface area contributed by atoms with Gasteiger partial charge >= 0.3 is 0 Å². The summed E-state index contributed by atoms with van der Waals surface area (Å²) in [5.74, 6) is 1.87. The molecule has 7 heteroatoms. The molecule has 4 aromatic rings. The fourth-order valence-corrected chi connectivity index (χ4v) is 4.76. The van der Waals surface area contributed by atoms with E-state index in [1.807, 2.05) is 30.3 Å². The summed E-state index contributed by atoms with van der Waals surface area (Å²) < 4.78 is 16.0. The molecule has 170 valence electrons. The van der Waals surface area contributed by atoms with Gasteiger partial charge in [-0.2, -0.15) is 0 Å². The van der Waals surface area contributed by atoms with E-state index in [1.54, 1.807) is 23.9 Å². The summed E-state index contributed by atoms with van der Waals surface area (Å²) in [5, 5.41) is 4.16. The molecule has 0 unspecified atom stereocenters. The lowest BCUT2D eigenvalue weighted by atomic mass is 10.1. The molecule has 1 amide bonds. The molecular formula is C26H26N2O4S. The van der Waals surface area contributed by atoms with Gasteiger partial charge in [-0.05, 0) is 23.8 Å². The molecule has 4 rings (SSSR count). The molecule has 1 aromatic heterocycles. The van der Waals surface area contributed by atoms with Gasteiger partial charge in [-0.25, -0.2) is 0 Å². The van der Waals surface area contributed by atoms with Crippen LogP contribution in [0.25, 0.3) is 22.2 Å². The Kier molecular flexibility index (Phi) is 7.10. The van der Waals surface area contributed by atoms with Crippen molar-refractivity contribution in [3.8, 4) is 28.5 Å². The van der Waals surface area contributed by atoms with Crippen LogP contribution >= 0.6 is 11.8 Å². The first kappa shape index (κ1) is 22.6. The highest BCUT2D eigenvalue weighted by Gasteiger charge is 2.17. The molecule has 0 radical (unpaired) electrons. The number of aromatic amines is 1. The Morgan fingerprint density at radius 2 is 1.58 bits per heavy atom. The SMILES string of the molecule is COc1cc(C(=O)NCCSc2c(-c3ccccc3)[nH]c3ccccc23)cc(OC)c1OC. The van der Waals surface area contributed by atoms with Crippen LogP contribution in [0, 0.1) is 0 Å². The maximum absolute atomic E-state index is 12.8. The molecule has 2 N–H and O–H groups in total. The van der Waals surface area contributed by atoms with Gasteiger partial charge in [0.25, 0.3) is 5.91 Å². The average Bonchev–Trinajstić information content (AvgIpc) is 3.24. The Bertz CT molecular complexity index is 1230. The third-order valence-corrected chi connectivity index (χ3v) is 6.40. The molecule has 0 bridgehead atoms. The second-order valence-electron chi connectivity index (χ2n) is 7.26. The van der Waals surface area contributed by atoms with Crippen molar-refractivity contribution in [2.45, 2.75) is 4.90 Å². The number of H-pyrrole nitrogens is 1. The number of rotatable bonds is 9. The topological polar surface area (TPSA) is 72.6 Å². The lowest BCUT2D eigenvalue weighted by molar-refractivity contribution is 0.0955. The number of methoxy groups -OCH3 is 3. The average molecular weight is 463 g/mol. The number of hydrogen-bond donors (Lipinski definition) is 2. The minimum atomic E-state index is -0.197. The van der Waals surface area contributed by atoms with Crippen molar-refractivity contribution < 1.29 is 19.0 Å². The van der Waals surface area contributed by atoms with Crippen LogP contribution in [-0.4, -0.2) is 44.5 Å². The predicted octanol–water partition coefficient (Wildman–Crippen LogP) is 5.38. The first-order valence-electron chi connectivity index (χ1n) is 10.5. The zero-order valence-corrected chi connectivity index (χ0v) is 19.6. The number of carbonyl (C=O) groups excluding carboxylic acids is 1. The molecule has 0 aliphatic heterocycles. The fraction of sp³-hybridized carbons (Fsp3) is 0.192. The van der Waals surface area contributed by atoms with Crippen molar-refractivity contribution in [3.05, 3.63) is 72.3 Å². The lowest BCUT2D eigenvalue weighted by Crippen LogP contribution is -2.25. The molecule has 0 fully saturated rings. The summed E-state index contributed by atoms with van der Waals surface area (Å²) in [7, 11) is 4.59. The van der Waals surface area contributed by atoms with Crippen LogP contribution in [0.5, 0.6) is 17.2 Å². The standard InChI is InChI=1S/C26H26N2O4S/c1-30-21-15-18(16-22(31-2)24(21)32-3)26(29)27-13-14-33-25-19-11-7-8-12-20(19)28-23(25)17-9-5-4-6-10-17/h4-12,15-16,28H,13-14H2,1-3H3,(H,27,29). The summed E-state index contributed by atoms with van der Waals surface area (Å²) in [5.41, 5.74) is 3.78. The zero-order valence-electron chi connectivity index (χ0n) is 18.8. The van der Waals surface area contributed by atoms with Crippen LogP contribution in [0.15, 0.2) is 71.6 Å². The van der Waals surface area contributed by atoms with E-state index in [9.17, 15) is 4.79 Å². The van der Waals surface area contributed by atoms with Crippen LogP contribution in [-0.2, 0) is 0 Å². The van der Waals surface area contributed by atoms with Gasteiger partial charge < -0.3 is 24.5 Å². The van der Waals surface area contributed by atoms with Crippen LogP contribution in [0.3, 0.4) is 0 Å². The van der Waals surface area contributed by atoms with Crippen molar-refractivity contribution >= 4 is 28.6 Å². The van der Waals surface area contributed by atoms with Gasteiger partial charge in [-0.15, -0.1) is 11.8 Å². The first-order valence-corrected chi connectivity index (χ1v) is 11.5. The van der Waals surface area contributed by atoms with Gasteiger partial charge in [-0.3, -0.25) is 4.79 Å². The molecule has 0 aliphatic rings. The molecule has 0 spiro atoms. The van der Waals surface area contributed by atoms with Gasteiger partial charge in [0.05, 0.1) is 27.0 Å². The number of fused-ring (bicyclic) bond motifs is 1. The Balaban J connectivity index is 1.47. The Hall–Kier alpha value is -3.58. The minimum absolute atomic E-state index is 0.197. The molecule has 0 aliphatic carbocycles. The third kappa shape index (κ3) is 4.78. The molecule has 1 heterocycles. The van der Waals surface area contributed by atoms with E-state index < -0.39 is 0 Å². The van der Waals surface area contributed by atoms with Crippen molar-refractivity contribution in [1.29, 1.82) is 0 Å². The largest absolute Gasteiger partial charge is 0.493 e. The summed E-state index contributed by atoms with van der Waals surface area (Å²) in [6.07, 6.45) is 0. The highest BCUT2D eigenvalue weighted by molar-refractivity contribution is 7.99. The van der Waals surface area contributed by atoms with Crippen molar-refractivity contribution in [3.63, 3.8) is 0 Å². The number of nitrogens with one attached hydrogen (secondary N) is 2. The molecule has 0 saturated heterocycles. The van der Waals surface area contributed by atoms with Gasteiger partial charge in [0.15, 0.2) is 11.5 Å². The number of benzene rings is 3. The van der Waals surface area contributed by atoms with Crippen molar-refractivity contribution in [2.24, 2.45) is 0 Å². The number of para-hydroxylation sites is 1. The van der Waals surface area contributed by atoms with Crippen LogP contribution in [0.4, 0.5) is 0 Å². The second kappa shape index (κ2) is 10.4.